The van der Waals surface area contributed by atoms with Crippen LogP contribution in [0.2, 0.25) is 0 Å². The van der Waals surface area contributed by atoms with Gasteiger partial charge in [-0.05, 0) is 80.6 Å². The SMILES string of the molecule is Cl.Cl.O=C(NC(CCc1cccc(F)c1)C1CCNCC1)C1=Cc2n[nH]c3cccc(c23)S1. The van der Waals surface area contributed by atoms with Crippen LogP contribution in [0, 0.1) is 11.7 Å². The summed E-state index contributed by atoms with van der Waals surface area (Å²) in [6.07, 6.45) is 5.47. The molecule has 9 heteroatoms. The lowest BCUT2D eigenvalue weighted by Gasteiger charge is -2.32. The summed E-state index contributed by atoms with van der Waals surface area (Å²) in [5.41, 5.74) is 2.76. The summed E-state index contributed by atoms with van der Waals surface area (Å²) < 4.78 is 13.6. The van der Waals surface area contributed by atoms with Crippen LogP contribution in [0.3, 0.4) is 0 Å². The monoisotopic (exact) mass is 508 g/mol. The molecule has 1 unspecified atom stereocenters. The smallest absolute Gasteiger partial charge is 0.258 e. The largest absolute Gasteiger partial charge is 0.349 e. The number of aryl methyl sites for hydroxylation is 1. The van der Waals surface area contributed by atoms with Crippen molar-refractivity contribution in [3.63, 3.8) is 0 Å². The van der Waals surface area contributed by atoms with Crippen LogP contribution in [-0.2, 0) is 11.2 Å². The Morgan fingerprint density at radius 2 is 1.97 bits per heavy atom. The Morgan fingerprint density at radius 3 is 2.76 bits per heavy atom. The second kappa shape index (κ2) is 11.4. The summed E-state index contributed by atoms with van der Waals surface area (Å²) in [7, 11) is 0. The van der Waals surface area contributed by atoms with E-state index in [1.165, 1.54) is 17.8 Å². The Morgan fingerprint density at radius 1 is 1.18 bits per heavy atom. The number of aromatic nitrogens is 2. The van der Waals surface area contributed by atoms with Crippen molar-refractivity contribution in [3.05, 3.63) is 64.4 Å². The van der Waals surface area contributed by atoms with Gasteiger partial charge in [0.05, 0.1) is 16.1 Å². The van der Waals surface area contributed by atoms with Gasteiger partial charge in [0.25, 0.3) is 5.91 Å². The summed E-state index contributed by atoms with van der Waals surface area (Å²) in [6.45, 7) is 1.93. The van der Waals surface area contributed by atoms with Crippen LogP contribution in [0.25, 0.3) is 17.0 Å². The molecular weight excluding hydrogens is 482 g/mol. The zero-order chi connectivity index (χ0) is 21.2. The first-order valence-electron chi connectivity index (χ1n) is 10.8. The normalized spacial score (nSPS) is 16.3. The lowest BCUT2D eigenvalue weighted by molar-refractivity contribution is -0.117. The molecule has 2 aliphatic heterocycles. The third kappa shape index (κ3) is 5.72. The van der Waals surface area contributed by atoms with Crippen molar-refractivity contribution < 1.29 is 9.18 Å². The minimum atomic E-state index is -0.215. The number of benzene rings is 2. The summed E-state index contributed by atoms with van der Waals surface area (Å²) in [5, 5.41) is 15.2. The molecule has 2 aromatic carbocycles. The summed E-state index contributed by atoms with van der Waals surface area (Å²) >= 11 is 1.49. The maximum atomic E-state index is 13.6. The third-order valence-electron chi connectivity index (χ3n) is 6.19. The van der Waals surface area contributed by atoms with Crippen molar-refractivity contribution in [2.75, 3.05) is 13.1 Å². The molecule has 33 heavy (non-hydrogen) atoms. The predicted molar refractivity (Wildman–Crippen MR) is 137 cm³/mol. The molecule has 0 bridgehead atoms. The lowest BCUT2D eigenvalue weighted by Crippen LogP contribution is -2.45. The van der Waals surface area contributed by atoms with E-state index in [9.17, 15) is 9.18 Å². The van der Waals surface area contributed by atoms with Crippen molar-refractivity contribution in [2.24, 2.45) is 5.92 Å². The number of H-pyrrole nitrogens is 1. The van der Waals surface area contributed by atoms with Gasteiger partial charge >= 0.3 is 0 Å². The average molecular weight is 509 g/mol. The van der Waals surface area contributed by atoms with E-state index in [4.69, 9.17) is 0 Å². The fraction of sp³-hybridized carbons (Fsp3) is 0.333. The van der Waals surface area contributed by atoms with Gasteiger partial charge < -0.3 is 10.6 Å². The van der Waals surface area contributed by atoms with Crippen molar-refractivity contribution in [1.82, 2.24) is 20.8 Å². The molecule has 0 radical (unpaired) electrons. The molecule has 1 saturated heterocycles. The van der Waals surface area contributed by atoms with E-state index < -0.39 is 0 Å². The summed E-state index contributed by atoms with van der Waals surface area (Å²) in [6, 6.07) is 12.8. The van der Waals surface area contributed by atoms with Gasteiger partial charge in [-0.25, -0.2) is 4.39 Å². The number of nitrogens with one attached hydrogen (secondary N) is 3. The minimum absolute atomic E-state index is 0. The van der Waals surface area contributed by atoms with Crippen LogP contribution in [0.15, 0.2) is 52.3 Å². The lowest BCUT2D eigenvalue weighted by atomic mass is 9.86. The number of carbonyl (C=O) groups excluding carboxylic acids is 1. The number of aromatic amines is 1. The molecule has 1 atom stereocenters. The molecule has 0 aliphatic carbocycles. The van der Waals surface area contributed by atoms with Crippen LogP contribution >= 0.6 is 36.6 Å². The van der Waals surface area contributed by atoms with Crippen LogP contribution in [0.1, 0.15) is 30.5 Å². The van der Waals surface area contributed by atoms with Crippen LogP contribution in [0.5, 0.6) is 0 Å². The molecule has 1 amide bonds. The summed E-state index contributed by atoms with van der Waals surface area (Å²) in [4.78, 5) is 15.0. The zero-order valence-corrected chi connectivity index (χ0v) is 20.4. The van der Waals surface area contributed by atoms with Crippen molar-refractivity contribution in [3.8, 4) is 0 Å². The summed E-state index contributed by atoms with van der Waals surface area (Å²) in [5.74, 6) is 0.142. The number of halogens is 3. The van der Waals surface area contributed by atoms with E-state index in [1.807, 2.05) is 30.3 Å². The van der Waals surface area contributed by atoms with E-state index in [2.05, 4.69) is 20.8 Å². The number of rotatable bonds is 6. The molecular formula is C24H27Cl2FN4OS. The Hall–Kier alpha value is -2.06. The van der Waals surface area contributed by atoms with Gasteiger partial charge in [-0.15, -0.1) is 24.8 Å². The van der Waals surface area contributed by atoms with E-state index in [0.717, 1.165) is 65.8 Å². The first kappa shape index (κ1) is 25.6. The highest BCUT2D eigenvalue weighted by Gasteiger charge is 2.28. The molecule has 2 aliphatic rings. The Bertz CT molecular complexity index is 1150. The van der Waals surface area contributed by atoms with E-state index in [0.29, 0.717) is 10.8 Å². The molecule has 1 fully saturated rings. The third-order valence-corrected chi connectivity index (χ3v) is 7.28. The van der Waals surface area contributed by atoms with Gasteiger partial charge in [-0.1, -0.05) is 30.0 Å². The highest BCUT2D eigenvalue weighted by molar-refractivity contribution is 8.04. The fourth-order valence-electron chi connectivity index (χ4n) is 4.56. The standard InChI is InChI=1S/C24H25FN4OS.2ClH/c25-17-4-1-3-15(13-17)7-8-18(16-9-11-26-12-10-16)27-24(30)22-14-20-23-19(28-29-20)5-2-6-21(23)31-22;;/h1-6,13-14,16,18,26H,7-12H2,(H,27,30)(H,28,29);2*1H. The highest BCUT2D eigenvalue weighted by Crippen LogP contribution is 2.40. The van der Waals surface area contributed by atoms with Gasteiger partial charge in [-0.3, -0.25) is 9.89 Å². The Kier molecular flexibility index (Phi) is 8.82. The molecule has 0 spiro atoms. The fourth-order valence-corrected chi connectivity index (χ4v) is 5.59. The number of hydrogen-bond donors (Lipinski definition) is 3. The van der Waals surface area contributed by atoms with Gasteiger partial charge in [0.2, 0.25) is 0 Å². The minimum Gasteiger partial charge on any atom is -0.349 e. The first-order chi connectivity index (χ1) is 15.2. The first-order valence-corrected chi connectivity index (χ1v) is 11.6. The number of thioether (sulfide) groups is 1. The van der Waals surface area contributed by atoms with E-state index in [1.54, 1.807) is 12.1 Å². The van der Waals surface area contributed by atoms with Crippen LogP contribution < -0.4 is 10.6 Å². The van der Waals surface area contributed by atoms with E-state index >= 15 is 0 Å². The quantitative estimate of drug-likeness (QED) is 0.432. The maximum absolute atomic E-state index is 13.6. The number of hydrogen-bond acceptors (Lipinski definition) is 4. The molecule has 3 aromatic rings. The molecule has 3 N–H and O–H groups in total. The van der Waals surface area contributed by atoms with E-state index in [-0.39, 0.29) is 42.6 Å². The number of amides is 1. The number of piperidine rings is 1. The molecule has 5 rings (SSSR count). The second-order valence-electron chi connectivity index (χ2n) is 8.23. The molecule has 3 heterocycles. The molecule has 0 saturated carbocycles. The Balaban J connectivity index is 0.00000153. The number of nitrogens with zero attached hydrogens (tertiary/aromatic N) is 1. The van der Waals surface area contributed by atoms with Gasteiger partial charge in [0, 0.05) is 16.3 Å². The predicted octanol–water partition coefficient (Wildman–Crippen LogP) is 5.11. The van der Waals surface area contributed by atoms with Crippen molar-refractivity contribution >= 4 is 59.5 Å². The molecule has 176 valence electrons. The molecule has 1 aromatic heterocycles. The van der Waals surface area contributed by atoms with Gasteiger partial charge in [0.15, 0.2) is 0 Å². The Labute approximate surface area is 209 Å². The second-order valence-corrected chi connectivity index (χ2v) is 9.32. The van der Waals surface area contributed by atoms with Crippen LogP contribution in [-0.4, -0.2) is 35.2 Å². The van der Waals surface area contributed by atoms with Crippen LogP contribution in [0.4, 0.5) is 4.39 Å². The maximum Gasteiger partial charge on any atom is 0.258 e. The number of carbonyl (C=O) groups is 1. The van der Waals surface area contributed by atoms with Gasteiger partial charge in [0.1, 0.15) is 5.82 Å². The van der Waals surface area contributed by atoms with Gasteiger partial charge in [-0.2, -0.15) is 5.10 Å². The topological polar surface area (TPSA) is 69.8 Å². The van der Waals surface area contributed by atoms with Crippen molar-refractivity contribution in [2.45, 2.75) is 36.6 Å². The highest BCUT2D eigenvalue weighted by atomic mass is 35.5. The molecule has 5 nitrogen and oxygen atoms in total. The average Bonchev–Trinajstić information content (AvgIpc) is 3.22. The van der Waals surface area contributed by atoms with Crippen molar-refractivity contribution in [1.29, 1.82) is 0 Å². The zero-order valence-electron chi connectivity index (χ0n) is 18.0.